The Balaban J connectivity index is 1.44. The smallest absolute Gasteiger partial charge is 0.341 e. The van der Waals surface area contributed by atoms with Gasteiger partial charge in [0.2, 0.25) is 0 Å². The predicted octanol–water partition coefficient (Wildman–Crippen LogP) is 4.08. The van der Waals surface area contributed by atoms with Crippen LogP contribution in [-0.4, -0.2) is 28.0 Å². The number of rotatable bonds is 5. The Morgan fingerprint density at radius 3 is 2.89 bits per heavy atom. The third-order valence-electron chi connectivity index (χ3n) is 4.62. The number of benzene rings is 1. The van der Waals surface area contributed by atoms with Crippen LogP contribution in [0.2, 0.25) is 0 Å². The molecule has 1 aliphatic carbocycles. The number of thiocarbonyl (C=S) groups is 1. The van der Waals surface area contributed by atoms with Gasteiger partial charge in [-0.05, 0) is 42.6 Å². The number of hydrogen-bond donors (Lipinski definition) is 2. The first-order chi connectivity index (χ1) is 13.6. The van der Waals surface area contributed by atoms with Gasteiger partial charge < -0.3 is 15.4 Å². The van der Waals surface area contributed by atoms with Crippen LogP contribution < -0.4 is 10.6 Å². The Kier molecular flexibility index (Phi) is 5.40. The van der Waals surface area contributed by atoms with Gasteiger partial charge in [0.15, 0.2) is 5.11 Å². The number of aromatic nitrogens is 2. The Hall–Kier alpha value is -2.71. The van der Waals surface area contributed by atoms with Gasteiger partial charge in [-0.15, -0.1) is 11.3 Å². The standard InChI is InChI=1S/C20H20N4O2S2/c1-26-19(25)17-15-8-5-9-16(15)28-18(17)23-20(27)22-14-10-21-24(12-14)11-13-6-3-2-4-7-13/h2-4,6-7,10,12H,5,8-9,11H2,1H3,(H2,22,23,27). The molecule has 144 valence electrons. The maximum absolute atomic E-state index is 12.2. The van der Waals surface area contributed by atoms with Crippen molar-refractivity contribution in [1.29, 1.82) is 0 Å². The molecule has 8 heteroatoms. The zero-order valence-electron chi connectivity index (χ0n) is 15.4. The van der Waals surface area contributed by atoms with E-state index in [-0.39, 0.29) is 5.97 Å². The maximum Gasteiger partial charge on any atom is 0.341 e. The number of nitrogens with one attached hydrogen (secondary N) is 2. The number of carbonyl (C=O) groups excluding carboxylic acids is 1. The van der Waals surface area contributed by atoms with Crippen molar-refractivity contribution in [2.45, 2.75) is 25.8 Å². The number of hydrogen-bond acceptors (Lipinski definition) is 5. The summed E-state index contributed by atoms with van der Waals surface area (Å²) in [6, 6.07) is 10.1. The molecule has 0 atom stereocenters. The zero-order valence-corrected chi connectivity index (χ0v) is 17.0. The van der Waals surface area contributed by atoms with E-state index in [4.69, 9.17) is 17.0 Å². The summed E-state index contributed by atoms with van der Waals surface area (Å²) >= 11 is 7.02. The molecule has 0 saturated heterocycles. The lowest BCUT2D eigenvalue weighted by Gasteiger charge is -2.10. The molecule has 0 bridgehead atoms. The third-order valence-corrected chi connectivity index (χ3v) is 6.03. The van der Waals surface area contributed by atoms with E-state index in [9.17, 15) is 4.79 Å². The molecule has 1 aromatic carbocycles. The summed E-state index contributed by atoms with van der Waals surface area (Å²) in [6.07, 6.45) is 6.61. The summed E-state index contributed by atoms with van der Waals surface area (Å²) in [5, 5.41) is 11.8. The van der Waals surface area contributed by atoms with Gasteiger partial charge in [-0.3, -0.25) is 4.68 Å². The normalized spacial score (nSPS) is 12.5. The molecule has 0 unspecified atom stereocenters. The number of thiophene rings is 1. The zero-order chi connectivity index (χ0) is 19.5. The molecule has 2 heterocycles. The van der Waals surface area contributed by atoms with Crippen LogP contribution >= 0.6 is 23.6 Å². The largest absolute Gasteiger partial charge is 0.465 e. The molecule has 3 aromatic rings. The van der Waals surface area contributed by atoms with Gasteiger partial charge in [0.1, 0.15) is 5.00 Å². The first-order valence-corrected chi connectivity index (χ1v) is 10.2. The number of nitrogens with zero attached hydrogens (tertiary/aromatic N) is 2. The van der Waals surface area contributed by atoms with E-state index >= 15 is 0 Å². The van der Waals surface area contributed by atoms with Crippen molar-refractivity contribution in [3.8, 4) is 0 Å². The number of aryl methyl sites for hydroxylation is 1. The minimum atomic E-state index is -0.319. The Morgan fingerprint density at radius 1 is 1.29 bits per heavy atom. The first kappa shape index (κ1) is 18.6. The lowest BCUT2D eigenvalue weighted by molar-refractivity contribution is 0.0601. The first-order valence-electron chi connectivity index (χ1n) is 9.01. The van der Waals surface area contributed by atoms with Crippen LogP contribution in [0.15, 0.2) is 42.7 Å². The molecule has 1 aliphatic rings. The van der Waals surface area contributed by atoms with Crippen molar-refractivity contribution in [2.75, 3.05) is 17.7 Å². The monoisotopic (exact) mass is 412 g/mol. The van der Waals surface area contributed by atoms with Gasteiger partial charge in [-0.25, -0.2) is 4.79 Å². The second kappa shape index (κ2) is 8.12. The molecule has 0 spiro atoms. The van der Waals surface area contributed by atoms with Crippen LogP contribution in [-0.2, 0) is 24.1 Å². The Morgan fingerprint density at radius 2 is 2.11 bits per heavy atom. The van der Waals surface area contributed by atoms with Crippen LogP contribution in [0.25, 0.3) is 0 Å². The second-order valence-electron chi connectivity index (χ2n) is 6.54. The van der Waals surface area contributed by atoms with Gasteiger partial charge in [0.05, 0.1) is 31.1 Å². The van der Waals surface area contributed by atoms with E-state index in [1.807, 2.05) is 29.1 Å². The maximum atomic E-state index is 12.2. The summed E-state index contributed by atoms with van der Waals surface area (Å²) < 4.78 is 6.82. The lowest BCUT2D eigenvalue weighted by atomic mass is 10.1. The van der Waals surface area contributed by atoms with Crippen molar-refractivity contribution < 1.29 is 9.53 Å². The highest BCUT2D eigenvalue weighted by Crippen LogP contribution is 2.39. The van der Waals surface area contributed by atoms with Crippen LogP contribution in [0.1, 0.15) is 32.8 Å². The third kappa shape index (κ3) is 3.93. The number of methoxy groups -OCH3 is 1. The molecule has 0 amide bonds. The van der Waals surface area contributed by atoms with Crippen molar-refractivity contribution >= 4 is 45.3 Å². The quantitative estimate of drug-likeness (QED) is 0.486. The predicted molar refractivity (Wildman–Crippen MR) is 115 cm³/mol. The van der Waals surface area contributed by atoms with E-state index in [1.54, 1.807) is 17.5 Å². The minimum absolute atomic E-state index is 0.319. The van der Waals surface area contributed by atoms with Crippen molar-refractivity contribution in [2.24, 2.45) is 0 Å². The molecule has 2 N–H and O–H groups in total. The number of ether oxygens (including phenoxy) is 1. The highest BCUT2D eigenvalue weighted by Gasteiger charge is 2.27. The number of fused-ring (bicyclic) bond motifs is 1. The van der Waals surface area contributed by atoms with E-state index in [2.05, 4.69) is 27.9 Å². The van der Waals surface area contributed by atoms with Crippen LogP contribution in [0, 0.1) is 0 Å². The summed E-state index contributed by atoms with van der Waals surface area (Å²) in [5.41, 5.74) is 3.67. The highest BCUT2D eigenvalue weighted by atomic mass is 32.1. The molecular weight excluding hydrogens is 392 g/mol. The summed E-state index contributed by atoms with van der Waals surface area (Å²) in [4.78, 5) is 13.5. The molecule has 0 aliphatic heterocycles. The van der Waals surface area contributed by atoms with E-state index in [1.165, 1.54) is 17.6 Å². The fourth-order valence-corrected chi connectivity index (χ4v) is 4.93. The van der Waals surface area contributed by atoms with Gasteiger partial charge in [0.25, 0.3) is 0 Å². The molecule has 0 fully saturated rings. The summed E-state index contributed by atoms with van der Waals surface area (Å²) in [5.74, 6) is -0.319. The van der Waals surface area contributed by atoms with E-state index < -0.39 is 0 Å². The topological polar surface area (TPSA) is 68.2 Å². The summed E-state index contributed by atoms with van der Waals surface area (Å²) in [7, 11) is 1.41. The van der Waals surface area contributed by atoms with Crippen LogP contribution in [0.4, 0.5) is 10.7 Å². The fraction of sp³-hybridized carbons (Fsp3) is 0.250. The van der Waals surface area contributed by atoms with Crippen molar-refractivity contribution in [3.05, 3.63) is 64.3 Å². The van der Waals surface area contributed by atoms with Gasteiger partial charge >= 0.3 is 5.97 Å². The highest BCUT2D eigenvalue weighted by molar-refractivity contribution is 7.80. The molecule has 2 aromatic heterocycles. The molecule has 4 rings (SSSR count). The molecule has 6 nitrogen and oxygen atoms in total. The van der Waals surface area contributed by atoms with Crippen LogP contribution in [0.5, 0.6) is 0 Å². The fourth-order valence-electron chi connectivity index (χ4n) is 3.36. The van der Waals surface area contributed by atoms with Crippen LogP contribution in [0.3, 0.4) is 0 Å². The van der Waals surface area contributed by atoms with Crippen molar-refractivity contribution in [3.63, 3.8) is 0 Å². The lowest BCUT2D eigenvalue weighted by Crippen LogP contribution is -2.20. The number of anilines is 2. The Bertz CT molecular complexity index is 1010. The summed E-state index contributed by atoms with van der Waals surface area (Å²) in [6.45, 7) is 0.687. The average Bonchev–Trinajstić information content (AvgIpc) is 3.38. The number of carbonyl (C=O) groups is 1. The number of esters is 1. The average molecular weight is 413 g/mol. The minimum Gasteiger partial charge on any atom is -0.465 e. The molecule has 0 radical (unpaired) electrons. The van der Waals surface area contributed by atoms with Gasteiger partial charge in [0, 0.05) is 11.1 Å². The van der Waals surface area contributed by atoms with E-state index in [0.717, 1.165) is 35.5 Å². The van der Waals surface area contributed by atoms with Gasteiger partial charge in [-0.2, -0.15) is 5.10 Å². The van der Waals surface area contributed by atoms with Gasteiger partial charge in [-0.1, -0.05) is 30.3 Å². The van der Waals surface area contributed by atoms with Crippen molar-refractivity contribution in [1.82, 2.24) is 9.78 Å². The van der Waals surface area contributed by atoms with E-state index in [0.29, 0.717) is 17.2 Å². The SMILES string of the molecule is COC(=O)c1c(NC(=S)Nc2cnn(Cc3ccccc3)c2)sc2c1CCC2. The Labute approximate surface area is 172 Å². The molecule has 28 heavy (non-hydrogen) atoms. The molecular formula is C20H20N4O2S2. The second-order valence-corrected chi connectivity index (χ2v) is 8.06. The molecule has 0 saturated carbocycles.